The van der Waals surface area contributed by atoms with Crippen LogP contribution in [0, 0.1) is 10.1 Å². The van der Waals surface area contributed by atoms with E-state index in [9.17, 15) is 19.7 Å². The topological polar surface area (TPSA) is 119 Å². The molecule has 0 aromatic heterocycles. The molecule has 2 atom stereocenters. The number of carbonyl (C=O) groups is 2. The molecular weight excluding hydrogens is 416 g/mol. The van der Waals surface area contributed by atoms with E-state index in [0.717, 1.165) is 6.07 Å². The minimum absolute atomic E-state index is 0.0960. The van der Waals surface area contributed by atoms with Crippen molar-refractivity contribution in [2.24, 2.45) is 0 Å². The van der Waals surface area contributed by atoms with E-state index in [1.807, 2.05) is 0 Å². The second kappa shape index (κ2) is 7.36. The first-order valence-electron chi connectivity index (χ1n) is 5.42. The third kappa shape index (κ3) is 4.39. The van der Waals surface area contributed by atoms with Crippen molar-refractivity contribution < 1.29 is 24.4 Å². The standard InChI is InChI=1S/C11H10Br2N2O6/c1-21-7-4-5(15(19)20)2-3-6(7)14-10(16)8(12)9(13)11(17)18/h2-4,8-9H,1H3,(H,14,16)(H,17,18). The SMILES string of the molecule is COc1cc([N+](=O)[O-])ccc1NC(=O)C(Br)C(Br)C(=O)O. The summed E-state index contributed by atoms with van der Waals surface area (Å²) in [7, 11) is 1.30. The summed E-state index contributed by atoms with van der Waals surface area (Å²) in [4.78, 5) is 30.6. The summed E-state index contributed by atoms with van der Waals surface area (Å²) in [5.74, 6) is -1.74. The first-order valence-corrected chi connectivity index (χ1v) is 7.25. The molecule has 0 heterocycles. The number of rotatable bonds is 6. The maximum Gasteiger partial charge on any atom is 0.318 e. The Balaban J connectivity index is 2.95. The average molecular weight is 426 g/mol. The van der Waals surface area contributed by atoms with Gasteiger partial charge in [-0.25, -0.2) is 0 Å². The van der Waals surface area contributed by atoms with Crippen LogP contribution in [0.2, 0.25) is 0 Å². The van der Waals surface area contributed by atoms with E-state index in [0.29, 0.717) is 0 Å². The number of benzene rings is 1. The molecule has 0 spiro atoms. The number of nitro groups is 1. The molecule has 0 saturated carbocycles. The Hall–Kier alpha value is -1.68. The van der Waals surface area contributed by atoms with Crippen molar-refractivity contribution >= 4 is 55.1 Å². The Bertz CT molecular complexity index is 580. The Morgan fingerprint density at radius 1 is 1.38 bits per heavy atom. The molecule has 0 aliphatic carbocycles. The highest BCUT2D eigenvalue weighted by atomic mass is 79.9. The van der Waals surface area contributed by atoms with Crippen LogP contribution in [-0.2, 0) is 9.59 Å². The number of carboxylic acid groups (broad SMARTS) is 1. The number of carboxylic acids is 1. The molecular formula is C11H10Br2N2O6. The lowest BCUT2D eigenvalue weighted by Crippen LogP contribution is -2.34. The van der Waals surface area contributed by atoms with E-state index in [4.69, 9.17) is 9.84 Å². The summed E-state index contributed by atoms with van der Waals surface area (Å²) >= 11 is 5.82. The molecule has 0 saturated heterocycles. The van der Waals surface area contributed by atoms with Crippen LogP contribution >= 0.6 is 31.9 Å². The van der Waals surface area contributed by atoms with Crippen LogP contribution in [0.4, 0.5) is 11.4 Å². The van der Waals surface area contributed by atoms with Crippen molar-refractivity contribution in [1.29, 1.82) is 0 Å². The molecule has 2 unspecified atom stereocenters. The summed E-state index contributed by atoms with van der Waals surface area (Å²) in [6.07, 6.45) is 0. The fraction of sp³-hybridized carbons (Fsp3) is 0.273. The number of non-ortho nitro benzene ring substituents is 1. The van der Waals surface area contributed by atoms with Crippen LogP contribution in [0.15, 0.2) is 18.2 Å². The van der Waals surface area contributed by atoms with Gasteiger partial charge >= 0.3 is 5.97 Å². The van der Waals surface area contributed by atoms with E-state index < -0.39 is 26.5 Å². The van der Waals surface area contributed by atoms with Gasteiger partial charge in [0.1, 0.15) is 15.4 Å². The van der Waals surface area contributed by atoms with Gasteiger partial charge in [-0.05, 0) is 6.07 Å². The van der Waals surface area contributed by atoms with Crippen molar-refractivity contribution in [2.45, 2.75) is 9.65 Å². The van der Waals surface area contributed by atoms with Crippen LogP contribution in [0.1, 0.15) is 0 Å². The van der Waals surface area contributed by atoms with Gasteiger partial charge in [-0.1, -0.05) is 31.9 Å². The molecule has 2 N–H and O–H groups in total. The second-order valence-corrected chi connectivity index (χ2v) is 5.75. The zero-order chi connectivity index (χ0) is 16.2. The predicted octanol–water partition coefficient (Wildman–Crippen LogP) is 2.15. The fourth-order valence-corrected chi connectivity index (χ4v) is 1.94. The monoisotopic (exact) mass is 424 g/mol. The van der Waals surface area contributed by atoms with E-state index in [1.165, 1.54) is 19.2 Å². The Morgan fingerprint density at radius 2 is 2.00 bits per heavy atom. The highest BCUT2D eigenvalue weighted by Crippen LogP contribution is 2.29. The first kappa shape index (κ1) is 17.4. The van der Waals surface area contributed by atoms with Crippen molar-refractivity contribution in [3.8, 4) is 5.75 Å². The van der Waals surface area contributed by atoms with E-state index in [2.05, 4.69) is 37.2 Å². The number of aliphatic carboxylic acids is 1. The Labute approximate surface area is 135 Å². The number of nitrogens with zero attached hydrogens (tertiary/aromatic N) is 1. The highest BCUT2D eigenvalue weighted by Gasteiger charge is 2.30. The number of halogens is 2. The molecule has 10 heteroatoms. The molecule has 1 aromatic rings. The van der Waals surface area contributed by atoms with Crippen LogP contribution in [0.5, 0.6) is 5.75 Å². The number of alkyl halides is 2. The average Bonchev–Trinajstić information content (AvgIpc) is 2.45. The third-order valence-electron chi connectivity index (χ3n) is 2.40. The van der Waals surface area contributed by atoms with Gasteiger partial charge in [-0.15, -0.1) is 0 Å². The molecule has 0 bridgehead atoms. The maximum atomic E-state index is 11.9. The third-order valence-corrected chi connectivity index (χ3v) is 4.97. The summed E-state index contributed by atoms with van der Waals surface area (Å²) in [6.45, 7) is 0. The molecule has 21 heavy (non-hydrogen) atoms. The van der Waals surface area contributed by atoms with Crippen molar-refractivity contribution in [3.63, 3.8) is 0 Å². The van der Waals surface area contributed by atoms with Gasteiger partial charge in [0.25, 0.3) is 5.69 Å². The zero-order valence-corrected chi connectivity index (χ0v) is 13.8. The van der Waals surface area contributed by atoms with Crippen LogP contribution in [-0.4, -0.2) is 38.7 Å². The maximum absolute atomic E-state index is 11.9. The lowest BCUT2D eigenvalue weighted by Gasteiger charge is -2.14. The highest BCUT2D eigenvalue weighted by molar-refractivity contribution is 9.12. The van der Waals surface area contributed by atoms with Crippen molar-refractivity contribution in [3.05, 3.63) is 28.3 Å². The van der Waals surface area contributed by atoms with Gasteiger partial charge < -0.3 is 15.2 Å². The predicted molar refractivity (Wildman–Crippen MR) is 81.3 cm³/mol. The molecule has 8 nitrogen and oxygen atoms in total. The number of hydrogen-bond acceptors (Lipinski definition) is 5. The van der Waals surface area contributed by atoms with E-state index in [-0.39, 0.29) is 17.1 Å². The Kier molecular flexibility index (Phi) is 6.09. The van der Waals surface area contributed by atoms with Gasteiger partial charge in [0.15, 0.2) is 0 Å². The number of carbonyl (C=O) groups excluding carboxylic acids is 1. The molecule has 0 aliphatic rings. The fourth-order valence-electron chi connectivity index (χ4n) is 1.36. The van der Waals surface area contributed by atoms with Gasteiger partial charge in [-0.3, -0.25) is 19.7 Å². The summed E-state index contributed by atoms with van der Waals surface area (Å²) < 4.78 is 4.96. The zero-order valence-electron chi connectivity index (χ0n) is 10.6. The first-order chi connectivity index (χ1) is 9.77. The van der Waals surface area contributed by atoms with Gasteiger partial charge in [0.2, 0.25) is 5.91 Å². The lowest BCUT2D eigenvalue weighted by atomic mass is 10.2. The minimum atomic E-state index is -1.21. The number of anilines is 1. The van der Waals surface area contributed by atoms with Gasteiger partial charge in [0, 0.05) is 6.07 Å². The van der Waals surface area contributed by atoms with Crippen molar-refractivity contribution in [2.75, 3.05) is 12.4 Å². The summed E-state index contributed by atoms with van der Waals surface area (Å²) in [6, 6.07) is 3.66. The van der Waals surface area contributed by atoms with Gasteiger partial charge in [-0.2, -0.15) is 0 Å². The van der Waals surface area contributed by atoms with Crippen molar-refractivity contribution in [1.82, 2.24) is 0 Å². The molecule has 0 radical (unpaired) electrons. The van der Waals surface area contributed by atoms with Crippen LogP contribution in [0.3, 0.4) is 0 Å². The molecule has 1 amide bonds. The number of nitro benzene ring substituents is 1. The smallest absolute Gasteiger partial charge is 0.318 e. The van der Waals surface area contributed by atoms with Crippen LogP contribution < -0.4 is 10.1 Å². The molecule has 0 aliphatic heterocycles. The number of ether oxygens (including phenoxy) is 1. The number of amides is 1. The summed E-state index contributed by atoms with van der Waals surface area (Å²) in [5.41, 5.74) is 0.00628. The second-order valence-electron chi connectivity index (χ2n) is 3.77. The number of hydrogen-bond donors (Lipinski definition) is 2. The lowest BCUT2D eigenvalue weighted by molar-refractivity contribution is -0.384. The number of nitrogens with one attached hydrogen (secondary N) is 1. The quantitative estimate of drug-likeness (QED) is 0.409. The van der Waals surface area contributed by atoms with E-state index >= 15 is 0 Å². The van der Waals surface area contributed by atoms with Crippen LogP contribution in [0.25, 0.3) is 0 Å². The van der Waals surface area contributed by atoms with Gasteiger partial charge in [0.05, 0.1) is 23.8 Å². The molecule has 114 valence electrons. The number of methoxy groups -OCH3 is 1. The largest absolute Gasteiger partial charge is 0.494 e. The minimum Gasteiger partial charge on any atom is -0.494 e. The normalized spacial score (nSPS) is 13.1. The molecule has 0 fully saturated rings. The van der Waals surface area contributed by atoms with E-state index in [1.54, 1.807) is 0 Å². The summed E-state index contributed by atoms with van der Waals surface area (Å²) in [5, 5.41) is 21.9. The Morgan fingerprint density at radius 3 is 2.48 bits per heavy atom. The molecule has 1 rings (SSSR count). The molecule has 1 aromatic carbocycles.